The van der Waals surface area contributed by atoms with Crippen LogP contribution in [-0.4, -0.2) is 35.2 Å². The van der Waals surface area contributed by atoms with E-state index in [9.17, 15) is 4.79 Å². The molecule has 1 aromatic carbocycles. The monoisotopic (exact) mass is 414 g/mol. The smallest absolute Gasteiger partial charge is 0.336 e. The van der Waals surface area contributed by atoms with E-state index in [0.29, 0.717) is 35.6 Å². The fourth-order valence-corrected chi connectivity index (χ4v) is 3.47. The van der Waals surface area contributed by atoms with E-state index in [1.54, 1.807) is 0 Å². The van der Waals surface area contributed by atoms with E-state index in [2.05, 4.69) is 4.98 Å². The van der Waals surface area contributed by atoms with Crippen LogP contribution < -0.4 is 5.63 Å². The average molecular weight is 415 g/mol. The Hall–Kier alpha value is -2.67. The van der Waals surface area contributed by atoms with E-state index in [1.165, 1.54) is 6.07 Å². The number of hydrogen-bond donors (Lipinski definition) is 1. The molecule has 6 nitrogen and oxygen atoms in total. The van der Waals surface area contributed by atoms with Gasteiger partial charge in [0, 0.05) is 41.7 Å². The fourth-order valence-electron chi connectivity index (χ4n) is 3.47. The van der Waals surface area contributed by atoms with Crippen LogP contribution >= 0.6 is 12.4 Å². The van der Waals surface area contributed by atoms with Gasteiger partial charge in [0.1, 0.15) is 11.3 Å². The highest BCUT2D eigenvalue weighted by Gasteiger charge is 2.17. The van der Waals surface area contributed by atoms with Gasteiger partial charge in [0.2, 0.25) is 0 Å². The molecule has 4 rings (SSSR count). The maximum absolute atomic E-state index is 12.1. The molecule has 152 valence electrons. The zero-order valence-corrected chi connectivity index (χ0v) is 17.4. The van der Waals surface area contributed by atoms with Gasteiger partial charge in [0.05, 0.1) is 12.3 Å². The number of likely N-dealkylation sites (N-methyl/N-ethyl adjacent to an activating group) is 1. The number of aryl methyl sites for hydroxylation is 2. The first-order valence-corrected chi connectivity index (χ1v) is 9.18. The Labute approximate surface area is 174 Å². The molecule has 0 saturated heterocycles. The summed E-state index contributed by atoms with van der Waals surface area (Å²) in [5, 5.41) is 10.9. The van der Waals surface area contributed by atoms with E-state index >= 15 is 0 Å². The minimum Gasteiger partial charge on any atom is -0.454 e. The van der Waals surface area contributed by atoms with Crippen LogP contribution in [0.3, 0.4) is 0 Å². The minimum absolute atomic E-state index is 0. The molecule has 0 unspecified atom stereocenters. The van der Waals surface area contributed by atoms with Gasteiger partial charge in [0.25, 0.3) is 0 Å². The Bertz CT molecular complexity index is 1230. The van der Waals surface area contributed by atoms with Gasteiger partial charge in [-0.15, -0.1) is 12.4 Å². The highest BCUT2D eigenvalue weighted by molar-refractivity contribution is 5.95. The van der Waals surface area contributed by atoms with Crippen molar-refractivity contribution in [3.8, 4) is 11.3 Å². The second kappa shape index (κ2) is 8.37. The summed E-state index contributed by atoms with van der Waals surface area (Å²) in [6.45, 7) is 5.17. The summed E-state index contributed by atoms with van der Waals surface area (Å²) in [5.41, 5.74) is 4.36. The Morgan fingerprint density at radius 3 is 2.66 bits per heavy atom. The largest absolute Gasteiger partial charge is 0.454 e. The van der Waals surface area contributed by atoms with Crippen molar-refractivity contribution in [2.45, 2.75) is 20.4 Å². The SMILES string of the molecule is Cc1ccc2c(-c3cc4c(CN(C)CCO)cnc(C)c4o3)cc(=O)oc2c1.Cl. The topological polar surface area (TPSA) is 79.7 Å². The minimum atomic E-state index is -0.411. The van der Waals surface area contributed by atoms with Gasteiger partial charge >= 0.3 is 5.63 Å². The fraction of sp³-hybridized carbons (Fsp3) is 0.273. The summed E-state index contributed by atoms with van der Waals surface area (Å²) in [4.78, 5) is 18.6. The first-order valence-electron chi connectivity index (χ1n) is 9.18. The molecule has 3 aromatic heterocycles. The van der Waals surface area contributed by atoms with Gasteiger partial charge in [-0.05, 0) is 44.2 Å². The summed E-state index contributed by atoms with van der Waals surface area (Å²) in [7, 11) is 1.95. The number of aliphatic hydroxyl groups excluding tert-OH is 1. The molecule has 0 fully saturated rings. The molecule has 7 heteroatoms. The lowest BCUT2D eigenvalue weighted by Crippen LogP contribution is -2.21. The van der Waals surface area contributed by atoms with Crippen molar-refractivity contribution in [1.82, 2.24) is 9.88 Å². The standard InChI is InChI=1S/C22H22N2O4.ClH/c1-13-4-5-16-18(10-21(26)27-19(16)8-13)20-9-17-15(12-24(3)6-7-25)11-23-14(2)22(17)28-20;/h4-5,8-11,25H,6-7,12H2,1-3H3;1H. The van der Waals surface area contributed by atoms with E-state index in [-0.39, 0.29) is 19.0 Å². The third-order valence-electron chi connectivity index (χ3n) is 4.91. The first kappa shape index (κ1) is 21.0. The number of fused-ring (bicyclic) bond motifs is 2. The normalized spacial score (nSPS) is 11.3. The maximum atomic E-state index is 12.1. The van der Waals surface area contributed by atoms with Crippen molar-refractivity contribution in [2.24, 2.45) is 0 Å². The number of hydrogen-bond acceptors (Lipinski definition) is 6. The molecule has 0 bridgehead atoms. The van der Waals surface area contributed by atoms with Crippen LogP contribution in [0.2, 0.25) is 0 Å². The molecule has 0 spiro atoms. The molecule has 4 aromatic rings. The molecule has 0 aliphatic rings. The van der Waals surface area contributed by atoms with Gasteiger partial charge in [-0.25, -0.2) is 4.79 Å². The van der Waals surface area contributed by atoms with Gasteiger partial charge < -0.3 is 13.9 Å². The van der Waals surface area contributed by atoms with Crippen molar-refractivity contribution >= 4 is 34.3 Å². The molecule has 0 radical (unpaired) electrons. The number of aromatic nitrogens is 1. The zero-order chi connectivity index (χ0) is 19.8. The Balaban J connectivity index is 0.00000240. The molecule has 0 aliphatic heterocycles. The number of nitrogens with zero attached hydrogens (tertiary/aromatic N) is 2. The molecule has 0 aliphatic carbocycles. The highest BCUT2D eigenvalue weighted by atomic mass is 35.5. The second-order valence-corrected chi connectivity index (χ2v) is 7.16. The van der Waals surface area contributed by atoms with Gasteiger partial charge in [-0.2, -0.15) is 0 Å². The number of furan rings is 1. The quantitative estimate of drug-likeness (QED) is 0.496. The summed E-state index contributed by atoms with van der Waals surface area (Å²) >= 11 is 0. The van der Waals surface area contributed by atoms with E-state index < -0.39 is 5.63 Å². The number of rotatable bonds is 5. The molecular weight excluding hydrogens is 392 g/mol. The van der Waals surface area contributed by atoms with E-state index in [1.807, 2.05) is 56.3 Å². The third-order valence-corrected chi connectivity index (χ3v) is 4.91. The van der Waals surface area contributed by atoms with E-state index in [4.69, 9.17) is 13.9 Å². The molecule has 0 amide bonds. The van der Waals surface area contributed by atoms with Crippen molar-refractivity contribution in [3.05, 3.63) is 63.8 Å². The summed E-state index contributed by atoms with van der Waals surface area (Å²) < 4.78 is 11.5. The number of aliphatic hydroxyl groups is 1. The Morgan fingerprint density at radius 1 is 1.10 bits per heavy atom. The van der Waals surface area contributed by atoms with Crippen LogP contribution in [0.15, 0.2) is 50.2 Å². The predicted octanol–water partition coefficient (Wildman–Crippen LogP) is 4.06. The second-order valence-electron chi connectivity index (χ2n) is 7.16. The molecule has 29 heavy (non-hydrogen) atoms. The zero-order valence-electron chi connectivity index (χ0n) is 16.6. The molecule has 1 N–H and O–H groups in total. The Morgan fingerprint density at radius 2 is 1.90 bits per heavy atom. The van der Waals surface area contributed by atoms with Gasteiger partial charge in [0.15, 0.2) is 5.58 Å². The van der Waals surface area contributed by atoms with Crippen LogP contribution in [0.4, 0.5) is 0 Å². The summed E-state index contributed by atoms with van der Waals surface area (Å²) in [6, 6.07) is 9.20. The number of benzene rings is 1. The number of pyridine rings is 1. The van der Waals surface area contributed by atoms with Crippen LogP contribution in [0.25, 0.3) is 33.3 Å². The molecule has 3 heterocycles. The van der Waals surface area contributed by atoms with Crippen molar-refractivity contribution < 1.29 is 13.9 Å². The lowest BCUT2D eigenvalue weighted by molar-refractivity contribution is 0.217. The molecule has 0 atom stereocenters. The molecule has 0 saturated carbocycles. The van der Waals surface area contributed by atoms with Crippen molar-refractivity contribution in [3.63, 3.8) is 0 Å². The van der Waals surface area contributed by atoms with Crippen LogP contribution in [0.1, 0.15) is 16.8 Å². The Kier molecular flexibility index (Phi) is 6.07. The maximum Gasteiger partial charge on any atom is 0.336 e. The predicted molar refractivity (Wildman–Crippen MR) is 116 cm³/mol. The van der Waals surface area contributed by atoms with Crippen molar-refractivity contribution in [1.29, 1.82) is 0 Å². The third kappa shape index (κ3) is 4.05. The van der Waals surface area contributed by atoms with Gasteiger partial charge in [-0.3, -0.25) is 9.88 Å². The lowest BCUT2D eigenvalue weighted by Gasteiger charge is -2.15. The first-order chi connectivity index (χ1) is 13.5. The molecular formula is C22H23ClN2O4. The van der Waals surface area contributed by atoms with Crippen molar-refractivity contribution in [2.75, 3.05) is 20.2 Å². The van der Waals surface area contributed by atoms with E-state index in [0.717, 1.165) is 27.6 Å². The van der Waals surface area contributed by atoms with Crippen LogP contribution in [-0.2, 0) is 6.54 Å². The van der Waals surface area contributed by atoms with Crippen LogP contribution in [0, 0.1) is 13.8 Å². The highest BCUT2D eigenvalue weighted by Crippen LogP contribution is 2.34. The average Bonchev–Trinajstić information content (AvgIpc) is 3.09. The van der Waals surface area contributed by atoms with Crippen LogP contribution in [0.5, 0.6) is 0 Å². The van der Waals surface area contributed by atoms with Gasteiger partial charge in [-0.1, -0.05) is 12.1 Å². The lowest BCUT2D eigenvalue weighted by atomic mass is 10.1. The summed E-state index contributed by atoms with van der Waals surface area (Å²) in [5.74, 6) is 0.610. The number of halogens is 1. The summed E-state index contributed by atoms with van der Waals surface area (Å²) in [6.07, 6.45) is 1.84.